The highest BCUT2D eigenvalue weighted by molar-refractivity contribution is 9.10. The van der Waals surface area contributed by atoms with E-state index in [0.717, 1.165) is 0 Å². The molecule has 0 aliphatic rings. The van der Waals surface area contributed by atoms with E-state index in [0.29, 0.717) is 21.5 Å². The number of nitro benzene ring substituents is 1. The molecule has 0 amide bonds. The predicted molar refractivity (Wildman–Crippen MR) is 81.1 cm³/mol. The molecule has 0 radical (unpaired) electrons. The third kappa shape index (κ3) is 3.69. The Morgan fingerprint density at radius 1 is 1.33 bits per heavy atom. The Balaban J connectivity index is 2.19. The Hall–Kier alpha value is -2.15. The SMILES string of the molecule is COc1ccc(NCc2ccc(Br)c(F)c2)c([N+](=O)[O-])c1. The Labute approximate surface area is 129 Å². The molecule has 2 aromatic carbocycles. The van der Waals surface area contributed by atoms with E-state index in [9.17, 15) is 14.5 Å². The quantitative estimate of drug-likeness (QED) is 0.647. The molecule has 2 rings (SSSR count). The van der Waals surface area contributed by atoms with Crippen LogP contribution in [0.15, 0.2) is 40.9 Å². The second-order valence-corrected chi connectivity index (χ2v) is 5.10. The van der Waals surface area contributed by atoms with Gasteiger partial charge in [-0.15, -0.1) is 0 Å². The molecule has 1 N–H and O–H groups in total. The summed E-state index contributed by atoms with van der Waals surface area (Å²) in [6.45, 7) is 0.275. The number of hydrogen-bond acceptors (Lipinski definition) is 4. The number of benzene rings is 2. The van der Waals surface area contributed by atoms with Gasteiger partial charge in [-0.25, -0.2) is 4.39 Å². The van der Waals surface area contributed by atoms with Crippen molar-refractivity contribution in [3.63, 3.8) is 0 Å². The first-order valence-corrected chi connectivity index (χ1v) is 6.81. The van der Waals surface area contributed by atoms with Gasteiger partial charge in [-0.1, -0.05) is 6.07 Å². The molecule has 0 aliphatic carbocycles. The van der Waals surface area contributed by atoms with E-state index >= 15 is 0 Å². The third-order valence-corrected chi connectivity index (χ3v) is 3.51. The minimum absolute atomic E-state index is 0.0908. The highest BCUT2D eigenvalue weighted by atomic mass is 79.9. The summed E-state index contributed by atoms with van der Waals surface area (Å²) in [5, 5.41) is 14.0. The molecule has 0 bridgehead atoms. The van der Waals surface area contributed by atoms with Gasteiger partial charge in [0.2, 0.25) is 0 Å². The van der Waals surface area contributed by atoms with E-state index in [1.54, 1.807) is 24.3 Å². The normalized spacial score (nSPS) is 10.2. The summed E-state index contributed by atoms with van der Waals surface area (Å²) in [5.74, 6) is 0.0282. The minimum atomic E-state index is -0.493. The van der Waals surface area contributed by atoms with Crippen LogP contribution in [0.2, 0.25) is 0 Å². The van der Waals surface area contributed by atoms with Crippen molar-refractivity contribution in [3.8, 4) is 5.75 Å². The van der Waals surface area contributed by atoms with Crippen LogP contribution in [0.1, 0.15) is 5.56 Å². The largest absolute Gasteiger partial charge is 0.496 e. The zero-order valence-electron chi connectivity index (χ0n) is 11.1. The van der Waals surface area contributed by atoms with Gasteiger partial charge in [-0.2, -0.15) is 0 Å². The molecular weight excluding hydrogens is 343 g/mol. The Bertz CT molecular complexity index is 679. The number of halogens is 2. The topological polar surface area (TPSA) is 64.4 Å². The van der Waals surface area contributed by atoms with Crippen molar-refractivity contribution in [1.82, 2.24) is 0 Å². The molecule has 0 saturated carbocycles. The maximum absolute atomic E-state index is 13.4. The lowest BCUT2D eigenvalue weighted by molar-refractivity contribution is -0.384. The van der Waals surface area contributed by atoms with E-state index < -0.39 is 4.92 Å². The maximum Gasteiger partial charge on any atom is 0.296 e. The van der Waals surface area contributed by atoms with Gasteiger partial charge in [0.15, 0.2) is 0 Å². The number of ether oxygens (including phenoxy) is 1. The fourth-order valence-electron chi connectivity index (χ4n) is 1.79. The number of nitrogens with zero attached hydrogens (tertiary/aromatic N) is 1. The van der Waals surface area contributed by atoms with Gasteiger partial charge in [-0.05, 0) is 45.8 Å². The van der Waals surface area contributed by atoms with E-state index in [2.05, 4.69) is 21.2 Å². The summed E-state index contributed by atoms with van der Waals surface area (Å²) < 4.78 is 18.8. The molecule has 0 heterocycles. The highest BCUT2D eigenvalue weighted by Crippen LogP contribution is 2.29. The van der Waals surface area contributed by atoms with Crippen molar-refractivity contribution in [3.05, 3.63) is 62.4 Å². The van der Waals surface area contributed by atoms with Gasteiger partial charge in [0.25, 0.3) is 5.69 Å². The van der Waals surface area contributed by atoms with Gasteiger partial charge >= 0.3 is 0 Å². The van der Waals surface area contributed by atoms with E-state index in [-0.39, 0.29) is 18.0 Å². The Morgan fingerprint density at radius 2 is 2.10 bits per heavy atom. The summed E-state index contributed by atoms with van der Waals surface area (Å²) in [4.78, 5) is 10.6. The minimum Gasteiger partial charge on any atom is -0.496 e. The summed E-state index contributed by atoms with van der Waals surface area (Å²) in [5.41, 5.74) is 0.942. The fraction of sp³-hybridized carbons (Fsp3) is 0.143. The molecule has 7 heteroatoms. The van der Waals surface area contributed by atoms with E-state index in [1.807, 2.05) is 0 Å². The predicted octanol–water partition coefficient (Wildman–Crippen LogP) is 4.12. The smallest absolute Gasteiger partial charge is 0.296 e. The average Bonchev–Trinajstić information content (AvgIpc) is 2.48. The number of nitrogens with one attached hydrogen (secondary N) is 1. The van der Waals surface area contributed by atoms with Crippen LogP contribution in [0.5, 0.6) is 5.75 Å². The zero-order chi connectivity index (χ0) is 15.4. The molecular formula is C14H12BrFN2O3. The van der Waals surface area contributed by atoms with E-state index in [4.69, 9.17) is 4.74 Å². The van der Waals surface area contributed by atoms with Crippen LogP contribution in [0.25, 0.3) is 0 Å². The first-order chi connectivity index (χ1) is 10.0. The van der Waals surface area contributed by atoms with Crippen molar-refractivity contribution in [1.29, 1.82) is 0 Å². The number of nitro groups is 1. The van der Waals surface area contributed by atoms with E-state index in [1.165, 1.54) is 19.2 Å². The molecule has 0 saturated heterocycles. The lowest BCUT2D eigenvalue weighted by Gasteiger charge is -2.09. The van der Waals surface area contributed by atoms with Crippen molar-refractivity contribution in [2.75, 3.05) is 12.4 Å². The third-order valence-electron chi connectivity index (χ3n) is 2.87. The van der Waals surface area contributed by atoms with Crippen LogP contribution >= 0.6 is 15.9 Å². The first-order valence-electron chi connectivity index (χ1n) is 6.01. The maximum atomic E-state index is 13.4. The van der Waals surface area contributed by atoms with Gasteiger partial charge < -0.3 is 10.1 Å². The van der Waals surface area contributed by atoms with Crippen LogP contribution in [-0.4, -0.2) is 12.0 Å². The number of hydrogen-bond donors (Lipinski definition) is 1. The lowest BCUT2D eigenvalue weighted by Crippen LogP contribution is -2.03. The Morgan fingerprint density at radius 3 is 2.71 bits per heavy atom. The number of methoxy groups -OCH3 is 1. The van der Waals surface area contributed by atoms with Crippen LogP contribution in [0, 0.1) is 15.9 Å². The van der Waals surface area contributed by atoms with Gasteiger partial charge in [0.1, 0.15) is 17.3 Å². The second kappa shape index (κ2) is 6.53. The van der Waals surface area contributed by atoms with Gasteiger partial charge in [-0.3, -0.25) is 10.1 Å². The van der Waals surface area contributed by atoms with Crippen molar-refractivity contribution >= 4 is 27.3 Å². The molecule has 0 fully saturated rings. The monoisotopic (exact) mass is 354 g/mol. The number of anilines is 1. The highest BCUT2D eigenvalue weighted by Gasteiger charge is 2.15. The summed E-state index contributed by atoms with van der Waals surface area (Å²) in [6, 6.07) is 9.21. The van der Waals surface area contributed by atoms with Crippen molar-refractivity contribution in [2.45, 2.75) is 6.54 Å². The number of rotatable bonds is 5. The van der Waals surface area contributed by atoms with Crippen LogP contribution < -0.4 is 10.1 Å². The molecule has 0 atom stereocenters. The van der Waals surface area contributed by atoms with Crippen LogP contribution in [0.4, 0.5) is 15.8 Å². The molecule has 0 spiro atoms. The molecule has 0 unspecified atom stereocenters. The van der Waals surface area contributed by atoms with Crippen molar-refractivity contribution < 1.29 is 14.1 Å². The van der Waals surface area contributed by atoms with Gasteiger partial charge in [0.05, 0.1) is 22.6 Å². The zero-order valence-corrected chi connectivity index (χ0v) is 12.7. The molecule has 21 heavy (non-hydrogen) atoms. The van der Waals surface area contributed by atoms with Crippen LogP contribution in [-0.2, 0) is 6.54 Å². The van der Waals surface area contributed by atoms with Gasteiger partial charge in [0, 0.05) is 6.54 Å². The second-order valence-electron chi connectivity index (χ2n) is 4.24. The molecule has 110 valence electrons. The average molecular weight is 355 g/mol. The molecule has 5 nitrogen and oxygen atoms in total. The summed E-state index contributed by atoms with van der Waals surface area (Å²) in [7, 11) is 1.44. The first kappa shape index (κ1) is 15.2. The fourth-order valence-corrected chi connectivity index (χ4v) is 2.03. The lowest BCUT2D eigenvalue weighted by atomic mass is 10.2. The Kier molecular flexibility index (Phi) is 4.74. The molecule has 0 aliphatic heterocycles. The molecule has 2 aromatic rings. The summed E-state index contributed by atoms with van der Waals surface area (Å²) >= 11 is 3.07. The van der Waals surface area contributed by atoms with Crippen molar-refractivity contribution in [2.24, 2.45) is 0 Å². The standard InChI is InChI=1S/C14H12BrFN2O3/c1-21-10-3-5-13(14(7-10)18(19)20)17-8-9-2-4-11(15)12(16)6-9/h2-7,17H,8H2,1H3. The summed E-state index contributed by atoms with van der Waals surface area (Å²) in [6.07, 6.45) is 0. The van der Waals surface area contributed by atoms with Crippen LogP contribution in [0.3, 0.4) is 0 Å². The molecule has 0 aromatic heterocycles.